The van der Waals surface area contributed by atoms with Crippen LogP contribution in [0.2, 0.25) is 0 Å². The van der Waals surface area contributed by atoms with Crippen molar-refractivity contribution in [3.05, 3.63) is 12.4 Å². The number of nitrogens with one attached hydrogen (secondary N) is 1. The molecule has 116 valence electrons. The fraction of sp³-hybridized carbons (Fsp3) is 0.615. The summed E-state index contributed by atoms with van der Waals surface area (Å²) in [6.07, 6.45) is 3.45. The largest absolute Gasteiger partial charge is 0.383 e. The van der Waals surface area contributed by atoms with Gasteiger partial charge in [-0.1, -0.05) is 0 Å². The third kappa shape index (κ3) is 4.02. The maximum Gasteiger partial charge on any atom is 0.246 e. The lowest BCUT2D eigenvalue weighted by molar-refractivity contribution is -0.136. The van der Waals surface area contributed by atoms with E-state index in [1.165, 1.54) is 0 Å². The molecule has 0 aromatic carbocycles. The van der Waals surface area contributed by atoms with Crippen molar-refractivity contribution in [2.24, 2.45) is 7.05 Å². The monoisotopic (exact) mass is 295 g/mol. The number of aryl methyl sites for hydroxylation is 1. The molecule has 0 saturated carbocycles. The van der Waals surface area contributed by atoms with E-state index in [1.807, 2.05) is 0 Å². The normalized spacial score (nSPS) is 15.6. The smallest absolute Gasteiger partial charge is 0.246 e. The third-order valence-electron chi connectivity index (χ3n) is 3.34. The molecule has 0 unspecified atom stereocenters. The first-order valence-electron chi connectivity index (χ1n) is 6.88. The van der Waals surface area contributed by atoms with Gasteiger partial charge in [-0.3, -0.25) is 14.3 Å². The minimum Gasteiger partial charge on any atom is -0.383 e. The Kier molecular flexibility index (Phi) is 5.29. The summed E-state index contributed by atoms with van der Waals surface area (Å²) in [5, 5.41) is 7.05. The van der Waals surface area contributed by atoms with Crippen molar-refractivity contribution in [2.75, 3.05) is 51.3 Å². The third-order valence-corrected chi connectivity index (χ3v) is 3.34. The maximum absolute atomic E-state index is 12.1. The van der Waals surface area contributed by atoms with E-state index in [1.54, 1.807) is 41.0 Å². The molecule has 2 heterocycles. The van der Waals surface area contributed by atoms with Gasteiger partial charge in [-0.2, -0.15) is 5.10 Å². The summed E-state index contributed by atoms with van der Waals surface area (Å²) >= 11 is 0. The highest BCUT2D eigenvalue weighted by molar-refractivity contribution is 5.97. The summed E-state index contributed by atoms with van der Waals surface area (Å²) in [5.41, 5.74) is 0.771. The number of carbonyl (C=O) groups excluding carboxylic acids is 2. The van der Waals surface area contributed by atoms with Crippen molar-refractivity contribution in [1.29, 1.82) is 0 Å². The maximum atomic E-state index is 12.1. The number of rotatable bonds is 6. The molecule has 2 rings (SSSR count). The molecule has 1 aliphatic rings. The predicted octanol–water partition coefficient (Wildman–Crippen LogP) is -1.17. The minimum absolute atomic E-state index is 0.0645. The number of ether oxygens (including phenoxy) is 1. The molecule has 0 aliphatic carbocycles. The van der Waals surface area contributed by atoms with Gasteiger partial charge in [-0.25, -0.2) is 0 Å². The van der Waals surface area contributed by atoms with Crippen LogP contribution in [0.4, 0.5) is 5.69 Å². The highest BCUT2D eigenvalue weighted by atomic mass is 16.5. The first-order chi connectivity index (χ1) is 10.1. The Hall–Kier alpha value is -1.93. The van der Waals surface area contributed by atoms with Crippen LogP contribution in [0.1, 0.15) is 0 Å². The molecule has 0 radical (unpaired) electrons. The summed E-state index contributed by atoms with van der Waals surface area (Å²) in [6, 6.07) is 0. The lowest BCUT2D eigenvalue weighted by Gasteiger charge is -2.33. The topological polar surface area (TPSA) is 79.7 Å². The highest BCUT2D eigenvalue weighted by Crippen LogP contribution is 2.15. The molecule has 1 aliphatic heterocycles. The van der Waals surface area contributed by atoms with Gasteiger partial charge in [-0.15, -0.1) is 0 Å². The number of anilines is 1. The molecule has 2 amide bonds. The Morgan fingerprint density at radius 3 is 2.90 bits per heavy atom. The Morgan fingerprint density at radius 2 is 2.29 bits per heavy atom. The van der Waals surface area contributed by atoms with Gasteiger partial charge in [0.2, 0.25) is 11.8 Å². The summed E-state index contributed by atoms with van der Waals surface area (Å²) in [4.78, 5) is 27.4. The molecule has 1 aromatic rings. The van der Waals surface area contributed by atoms with Crippen molar-refractivity contribution in [3.8, 4) is 0 Å². The summed E-state index contributed by atoms with van der Waals surface area (Å²) in [6.45, 7) is 2.54. The van der Waals surface area contributed by atoms with Crippen LogP contribution in [0.5, 0.6) is 0 Å². The summed E-state index contributed by atoms with van der Waals surface area (Å²) in [5.74, 6) is -0.148. The number of nitrogens with zero attached hydrogens (tertiary/aromatic N) is 4. The van der Waals surface area contributed by atoms with Crippen LogP contribution in [0.25, 0.3) is 0 Å². The lowest BCUT2D eigenvalue weighted by Crippen LogP contribution is -2.54. The molecular weight excluding hydrogens is 274 g/mol. The van der Waals surface area contributed by atoms with Gasteiger partial charge < -0.3 is 19.9 Å². The lowest BCUT2D eigenvalue weighted by atomic mass is 10.2. The van der Waals surface area contributed by atoms with Crippen LogP contribution in [-0.2, 0) is 21.4 Å². The zero-order valence-electron chi connectivity index (χ0n) is 12.4. The van der Waals surface area contributed by atoms with Crippen molar-refractivity contribution in [2.45, 2.75) is 0 Å². The number of aromatic nitrogens is 2. The number of hydrogen-bond donors (Lipinski definition) is 1. The quantitative estimate of drug-likeness (QED) is 0.669. The van der Waals surface area contributed by atoms with Crippen LogP contribution in [0.15, 0.2) is 12.4 Å². The number of amides is 2. The number of piperazine rings is 1. The van der Waals surface area contributed by atoms with Gasteiger partial charge in [-0.05, 0) is 0 Å². The van der Waals surface area contributed by atoms with E-state index in [2.05, 4.69) is 10.4 Å². The van der Waals surface area contributed by atoms with E-state index in [4.69, 9.17) is 4.74 Å². The van der Waals surface area contributed by atoms with E-state index in [0.717, 1.165) is 5.69 Å². The molecule has 0 spiro atoms. The van der Waals surface area contributed by atoms with Gasteiger partial charge in [0.15, 0.2) is 0 Å². The van der Waals surface area contributed by atoms with E-state index in [0.29, 0.717) is 26.2 Å². The zero-order chi connectivity index (χ0) is 15.2. The van der Waals surface area contributed by atoms with Gasteiger partial charge in [0, 0.05) is 40.0 Å². The molecule has 21 heavy (non-hydrogen) atoms. The van der Waals surface area contributed by atoms with Gasteiger partial charge in [0.25, 0.3) is 0 Å². The van der Waals surface area contributed by atoms with Crippen LogP contribution in [0, 0.1) is 0 Å². The molecular formula is C13H21N5O3. The molecule has 1 fully saturated rings. The molecule has 0 bridgehead atoms. The molecule has 1 aromatic heterocycles. The molecule has 8 nitrogen and oxygen atoms in total. The number of methoxy groups -OCH3 is 1. The second-order valence-electron chi connectivity index (χ2n) is 4.90. The second kappa shape index (κ2) is 7.19. The summed E-state index contributed by atoms with van der Waals surface area (Å²) < 4.78 is 6.55. The van der Waals surface area contributed by atoms with Gasteiger partial charge >= 0.3 is 0 Å². The Balaban J connectivity index is 1.83. The molecule has 1 saturated heterocycles. The predicted molar refractivity (Wildman–Crippen MR) is 76.9 cm³/mol. The van der Waals surface area contributed by atoms with Crippen LogP contribution >= 0.6 is 0 Å². The Morgan fingerprint density at radius 1 is 1.48 bits per heavy atom. The first-order valence-corrected chi connectivity index (χ1v) is 6.88. The number of hydrogen-bond acceptors (Lipinski definition) is 5. The first kappa shape index (κ1) is 15.5. The Labute approximate surface area is 123 Å². The van der Waals surface area contributed by atoms with Crippen LogP contribution in [0.3, 0.4) is 0 Å². The van der Waals surface area contributed by atoms with Crippen LogP contribution in [-0.4, -0.2) is 72.9 Å². The van der Waals surface area contributed by atoms with E-state index >= 15 is 0 Å². The Bertz CT molecular complexity index is 502. The average molecular weight is 295 g/mol. The standard InChI is InChI=1S/C13H21N5O3/c1-16-9-11(7-15-16)18-5-4-17(10-13(18)20)12(19)8-14-3-6-21-2/h7,9,14H,3-6,8,10H2,1-2H3. The van der Waals surface area contributed by atoms with Crippen molar-refractivity contribution in [1.82, 2.24) is 20.0 Å². The van der Waals surface area contributed by atoms with E-state index in [-0.39, 0.29) is 24.9 Å². The number of carbonyl (C=O) groups is 2. The summed E-state index contributed by atoms with van der Waals surface area (Å²) in [7, 11) is 3.42. The van der Waals surface area contributed by atoms with E-state index in [9.17, 15) is 9.59 Å². The average Bonchev–Trinajstić information content (AvgIpc) is 2.89. The van der Waals surface area contributed by atoms with Crippen molar-refractivity contribution < 1.29 is 14.3 Å². The highest BCUT2D eigenvalue weighted by Gasteiger charge is 2.28. The van der Waals surface area contributed by atoms with E-state index < -0.39 is 0 Å². The van der Waals surface area contributed by atoms with Crippen LogP contribution < -0.4 is 10.2 Å². The van der Waals surface area contributed by atoms with Gasteiger partial charge in [0.05, 0.1) is 25.0 Å². The molecule has 1 N–H and O–H groups in total. The zero-order valence-corrected chi connectivity index (χ0v) is 12.4. The van der Waals surface area contributed by atoms with Crippen molar-refractivity contribution >= 4 is 17.5 Å². The minimum atomic E-state index is -0.0838. The van der Waals surface area contributed by atoms with Crippen molar-refractivity contribution in [3.63, 3.8) is 0 Å². The fourth-order valence-electron chi connectivity index (χ4n) is 2.19. The van der Waals surface area contributed by atoms with Gasteiger partial charge in [0.1, 0.15) is 6.54 Å². The molecule has 0 atom stereocenters. The second-order valence-corrected chi connectivity index (χ2v) is 4.90. The SMILES string of the molecule is COCCNCC(=O)N1CCN(c2cnn(C)c2)C(=O)C1. The fourth-order valence-corrected chi connectivity index (χ4v) is 2.19. The molecule has 8 heteroatoms.